The van der Waals surface area contributed by atoms with Gasteiger partial charge in [0.25, 0.3) is 0 Å². The lowest BCUT2D eigenvalue weighted by Gasteiger charge is -1.99. The second kappa shape index (κ2) is 4.31. The van der Waals surface area contributed by atoms with E-state index in [-0.39, 0.29) is 5.75 Å². The van der Waals surface area contributed by atoms with Gasteiger partial charge < -0.3 is 5.11 Å². The SMILES string of the molecule is C=C/C=C\S(=O)(=O)CC(C)O. The summed E-state index contributed by atoms with van der Waals surface area (Å²) in [5, 5.41) is 9.78. The minimum Gasteiger partial charge on any atom is -0.392 e. The quantitative estimate of drug-likeness (QED) is 0.634. The van der Waals surface area contributed by atoms with E-state index in [0.717, 1.165) is 5.41 Å². The molecule has 0 bridgehead atoms. The average Bonchev–Trinajstić information content (AvgIpc) is 1.81. The van der Waals surface area contributed by atoms with Gasteiger partial charge in [-0.25, -0.2) is 8.42 Å². The van der Waals surface area contributed by atoms with Crippen LogP contribution in [0, 0.1) is 0 Å². The van der Waals surface area contributed by atoms with E-state index in [1.165, 1.54) is 19.1 Å². The number of hydrogen-bond acceptors (Lipinski definition) is 3. The molecule has 1 N–H and O–H groups in total. The van der Waals surface area contributed by atoms with Gasteiger partial charge in [0.05, 0.1) is 11.9 Å². The summed E-state index contributed by atoms with van der Waals surface area (Å²) in [6, 6.07) is 0. The van der Waals surface area contributed by atoms with Gasteiger partial charge in [-0.15, -0.1) is 0 Å². The Kier molecular flexibility index (Phi) is 4.07. The van der Waals surface area contributed by atoms with Gasteiger partial charge in [-0.2, -0.15) is 0 Å². The molecule has 0 amide bonds. The molecule has 0 radical (unpaired) electrons. The van der Waals surface area contributed by atoms with Gasteiger partial charge in [-0.05, 0) is 6.92 Å². The number of allylic oxidation sites excluding steroid dienone is 2. The molecule has 0 saturated carbocycles. The van der Waals surface area contributed by atoms with E-state index in [0.29, 0.717) is 0 Å². The Morgan fingerprint density at radius 2 is 2.18 bits per heavy atom. The molecule has 1 unspecified atom stereocenters. The third-order valence-corrected chi connectivity index (χ3v) is 2.41. The van der Waals surface area contributed by atoms with Crippen molar-refractivity contribution in [2.24, 2.45) is 0 Å². The smallest absolute Gasteiger partial charge is 0.174 e. The molecule has 0 aliphatic carbocycles. The second-order valence-electron chi connectivity index (χ2n) is 2.24. The van der Waals surface area contributed by atoms with Crippen LogP contribution in [-0.2, 0) is 9.84 Å². The molecule has 0 aromatic rings. The summed E-state index contributed by atoms with van der Waals surface area (Å²) in [5.41, 5.74) is 0. The van der Waals surface area contributed by atoms with Crippen LogP contribution in [-0.4, -0.2) is 25.4 Å². The maximum absolute atomic E-state index is 10.9. The van der Waals surface area contributed by atoms with Gasteiger partial charge in [0.2, 0.25) is 0 Å². The van der Waals surface area contributed by atoms with E-state index < -0.39 is 15.9 Å². The Morgan fingerprint density at radius 3 is 2.55 bits per heavy atom. The maximum Gasteiger partial charge on any atom is 0.174 e. The first-order chi connectivity index (χ1) is 4.98. The minimum atomic E-state index is -3.24. The van der Waals surface area contributed by atoms with E-state index in [2.05, 4.69) is 6.58 Å². The summed E-state index contributed by atoms with van der Waals surface area (Å²) >= 11 is 0. The summed E-state index contributed by atoms with van der Waals surface area (Å²) < 4.78 is 21.8. The van der Waals surface area contributed by atoms with Crippen LogP contribution in [0.15, 0.2) is 24.1 Å². The molecule has 3 nitrogen and oxygen atoms in total. The van der Waals surface area contributed by atoms with Crippen LogP contribution in [0.2, 0.25) is 0 Å². The number of hydrogen-bond donors (Lipinski definition) is 1. The van der Waals surface area contributed by atoms with Crippen LogP contribution in [0.1, 0.15) is 6.92 Å². The maximum atomic E-state index is 10.9. The molecule has 0 heterocycles. The van der Waals surface area contributed by atoms with E-state index in [4.69, 9.17) is 5.11 Å². The van der Waals surface area contributed by atoms with Crippen molar-refractivity contribution in [3.8, 4) is 0 Å². The van der Waals surface area contributed by atoms with Crippen LogP contribution in [0.4, 0.5) is 0 Å². The summed E-state index contributed by atoms with van der Waals surface area (Å²) in [5.74, 6) is -0.239. The fourth-order valence-electron chi connectivity index (χ4n) is 0.567. The standard InChI is InChI=1S/C7H12O3S/c1-3-4-5-11(9,10)6-7(2)8/h3-5,7-8H,1,6H2,2H3/b5-4-. The molecular weight excluding hydrogens is 164 g/mol. The molecule has 0 aromatic carbocycles. The Hall–Kier alpha value is -0.610. The molecule has 0 aliphatic rings. The fourth-order valence-corrected chi connectivity index (χ4v) is 1.70. The molecule has 0 fully saturated rings. The molecule has 64 valence electrons. The summed E-state index contributed by atoms with van der Waals surface area (Å²) in [6.07, 6.45) is 1.88. The number of rotatable bonds is 4. The highest BCUT2D eigenvalue weighted by Crippen LogP contribution is 1.96. The van der Waals surface area contributed by atoms with E-state index >= 15 is 0 Å². The van der Waals surface area contributed by atoms with Crippen LogP contribution in [0.25, 0.3) is 0 Å². The molecular formula is C7H12O3S. The summed E-state index contributed by atoms with van der Waals surface area (Å²) in [7, 11) is -3.24. The third-order valence-electron chi connectivity index (χ3n) is 0.895. The average molecular weight is 176 g/mol. The van der Waals surface area contributed by atoms with Crippen molar-refractivity contribution >= 4 is 9.84 Å². The normalized spacial score (nSPS) is 15.1. The first kappa shape index (κ1) is 10.4. The predicted molar refractivity (Wildman–Crippen MR) is 44.8 cm³/mol. The van der Waals surface area contributed by atoms with Crippen molar-refractivity contribution in [3.05, 3.63) is 24.1 Å². The lowest BCUT2D eigenvalue weighted by molar-refractivity contribution is 0.218. The van der Waals surface area contributed by atoms with Gasteiger partial charge in [-0.3, -0.25) is 0 Å². The van der Waals surface area contributed by atoms with Gasteiger partial charge in [0.1, 0.15) is 0 Å². The highest BCUT2D eigenvalue weighted by molar-refractivity contribution is 7.94. The van der Waals surface area contributed by atoms with Gasteiger partial charge in [0.15, 0.2) is 9.84 Å². The highest BCUT2D eigenvalue weighted by atomic mass is 32.2. The number of aliphatic hydroxyl groups is 1. The van der Waals surface area contributed by atoms with E-state index in [9.17, 15) is 8.42 Å². The molecule has 0 spiro atoms. The molecule has 0 rings (SSSR count). The first-order valence-corrected chi connectivity index (χ1v) is 4.89. The molecule has 11 heavy (non-hydrogen) atoms. The van der Waals surface area contributed by atoms with Crippen molar-refractivity contribution in [1.82, 2.24) is 0 Å². The van der Waals surface area contributed by atoms with Crippen LogP contribution < -0.4 is 0 Å². The van der Waals surface area contributed by atoms with Crippen molar-refractivity contribution in [3.63, 3.8) is 0 Å². The van der Waals surface area contributed by atoms with Gasteiger partial charge in [-0.1, -0.05) is 18.7 Å². The predicted octanol–water partition coefficient (Wildman–Crippen LogP) is 0.482. The Morgan fingerprint density at radius 1 is 1.64 bits per heavy atom. The van der Waals surface area contributed by atoms with Crippen LogP contribution >= 0.6 is 0 Å². The molecule has 1 atom stereocenters. The van der Waals surface area contributed by atoms with Crippen LogP contribution in [0.5, 0.6) is 0 Å². The first-order valence-electron chi connectivity index (χ1n) is 3.18. The lowest BCUT2D eigenvalue weighted by atomic mass is 10.5. The zero-order chi connectivity index (χ0) is 8.91. The Balaban J connectivity index is 4.24. The van der Waals surface area contributed by atoms with E-state index in [1.807, 2.05) is 0 Å². The topological polar surface area (TPSA) is 54.4 Å². The molecule has 0 aromatic heterocycles. The van der Waals surface area contributed by atoms with E-state index in [1.54, 1.807) is 0 Å². The monoisotopic (exact) mass is 176 g/mol. The Labute approximate surface area is 67.0 Å². The second-order valence-corrected chi connectivity index (χ2v) is 4.17. The molecule has 4 heteroatoms. The van der Waals surface area contributed by atoms with Gasteiger partial charge >= 0.3 is 0 Å². The van der Waals surface area contributed by atoms with Gasteiger partial charge in [0, 0.05) is 5.41 Å². The summed E-state index contributed by atoms with van der Waals surface area (Å²) in [4.78, 5) is 0. The zero-order valence-corrected chi connectivity index (χ0v) is 7.21. The van der Waals surface area contributed by atoms with Crippen LogP contribution in [0.3, 0.4) is 0 Å². The Bertz CT molecular complexity index is 236. The largest absolute Gasteiger partial charge is 0.392 e. The number of sulfone groups is 1. The zero-order valence-electron chi connectivity index (χ0n) is 6.40. The van der Waals surface area contributed by atoms with Crippen molar-refractivity contribution < 1.29 is 13.5 Å². The lowest BCUT2D eigenvalue weighted by Crippen LogP contribution is -2.15. The minimum absolute atomic E-state index is 0.239. The highest BCUT2D eigenvalue weighted by Gasteiger charge is 2.08. The molecule has 0 saturated heterocycles. The fraction of sp³-hybridized carbons (Fsp3) is 0.429. The number of aliphatic hydroxyl groups excluding tert-OH is 1. The third kappa shape index (κ3) is 5.82. The van der Waals surface area contributed by atoms with Crippen molar-refractivity contribution in [1.29, 1.82) is 0 Å². The molecule has 0 aliphatic heterocycles. The summed E-state index contributed by atoms with van der Waals surface area (Å²) in [6.45, 7) is 4.76. The van der Waals surface area contributed by atoms with Crippen molar-refractivity contribution in [2.75, 3.05) is 5.75 Å². The van der Waals surface area contributed by atoms with Crippen molar-refractivity contribution in [2.45, 2.75) is 13.0 Å².